The topological polar surface area (TPSA) is 71.1 Å². The molecule has 0 fully saturated rings. The second-order valence-corrected chi connectivity index (χ2v) is 9.74. The fourth-order valence-corrected chi connectivity index (χ4v) is 2.03. The van der Waals surface area contributed by atoms with Crippen LogP contribution in [-0.4, -0.2) is 11.9 Å². The Labute approximate surface area is 146 Å². The predicted molar refractivity (Wildman–Crippen MR) is 90.1 cm³/mol. The quantitative estimate of drug-likeness (QED) is 0.375. The highest BCUT2D eigenvalue weighted by Gasteiger charge is 2.36. The third-order valence-corrected chi connectivity index (χ3v) is 3.50. The minimum absolute atomic E-state index is 0.0131. The molecular weight excluding hydrogens is 312 g/mol. The van der Waals surface area contributed by atoms with Gasteiger partial charge in [-0.1, -0.05) is 62.3 Å². The largest absolute Gasteiger partial charge is 0.349 e. The summed E-state index contributed by atoms with van der Waals surface area (Å²) in [6.07, 6.45) is 1.46. The van der Waals surface area contributed by atoms with Crippen LogP contribution in [0.3, 0.4) is 0 Å². The van der Waals surface area contributed by atoms with Gasteiger partial charge in [-0.3, -0.25) is 9.78 Å². The molecular formula is C18H34O6. The van der Waals surface area contributed by atoms with Crippen molar-refractivity contribution in [3.63, 3.8) is 0 Å². The molecule has 0 amide bonds. The Kier molecular flexibility index (Phi) is 8.39. The third kappa shape index (κ3) is 11.4. The van der Waals surface area contributed by atoms with Crippen LogP contribution < -0.4 is 0 Å². The Morgan fingerprint density at radius 1 is 0.792 bits per heavy atom. The van der Waals surface area contributed by atoms with Gasteiger partial charge in [0.1, 0.15) is 0 Å². The average Bonchev–Trinajstić information content (AvgIpc) is 2.35. The minimum atomic E-state index is -0.581. The molecule has 1 unspecified atom stereocenters. The van der Waals surface area contributed by atoms with Crippen molar-refractivity contribution in [2.75, 3.05) is 0 Å². The van der Waals surface area contributed by atoms with E-state index in [1.807, 2.05) is 62.3 Å². The first-order valence-corrected chi connectivity index (χ1v) is 8.36. The van der Waals surface area contributed by atoms with Crippen LogP contribution in [0.4, 0.5) is 0 Å². The molecule has 0 bridgehead atoms. The zero-order valence-corrected chi connectivity index (χ0v) is 16.6. The lowest BCUT2D eigenvalue weighted by Gasteiger charge is -2.32. The van der Waals surface area contributed by atoms with Crippen LogP contribution in [-0.2, 0) is 29.4 Å². The summed E-state index contributed by atoms with van der Waals surface area (Å²) in [5.41, 5.74) is -0.326. The van der Waals surface area contributed by atoms with E-state index in [2.05, 4.69) is 19.9 Å². The highest BCUT2D eigenvalue weighted by Crippen LogP contribution is 2.36. The Bertz CT molecular complexity index is 409. The van der Waals surface area contributed by atoms with Crippen molar-refractivity contribution >= 4 is 11.9 Å². The standard InChI is InChI=1S/C18H34O6/c1-16(2,3)11-10-14(19)21-23-24-22-15(20)13(18(7,8)9)12-17(4,5)6/h13H,10-12H2,1-9H3. The van der Waals surface area contributed by atoms with E-state index in [4.69, 9.17) is 0 Å². The average molecular weight is 346 g/mol. The molecule has 0 saturated carbocycles. The molecule has 0 rings (SSSR count). The van der Waals surface area contributed by atoms with Gasteiger partial charge in [-0.05, 0) is 29.1 Å². The summed E-state index contributed by atoms with van der Waals surface area (Å²) in [7, 11) is 0. The number of rotatable bonds is 7. The normalized spacial score (nSPS) is 14.2. The lowest BCUT2D eigenvalue weighted by molar-refractivity contribution is -0.601. The van der Waals surface area contributed by atoms with Gasteiger partial charge in [-0.25, -0.2) is 9.59 Å². The monoisotopic (exact) mass is 346 g/mol. The maximum Gasteiger partial charge on any atom is 0.349 e. The van der Waals surface area contributed by atoms with Gasteiger partial charge in [0.15, 0.2) is 0 Å². The van der Waals surface area contributed by atoms with Crippen molar-refractivity contribution in [1.82, 2.24) is 0 Å². The van der Waals surface area contributed by atoms with Gasteiger partial charge in [0.05, 0.1) is 5.92 Å². The van der Waals surface area contributed by atoms with Gasteiger partial charge >= 0.3 is 11.9 Å². The van der Waals surface area contributed by atoms with Gasteiger partial charge < -0.3 is 0 Å². The Morgan fingerprint density at radius 2 is 1.29 bits per heavy atom. The van der Waals surface area contributed by atoms with E-state index in [9.17, 15) is 9.59 Å². The Morgan fingerprint density at radius 3 is 1.71 bits per heavy atom. The summed E-state index contributed by atoms with van der Waals surface area (Å²) in [4.78, 5) is 32.7. The van der Waals surface area contributed by atoms with E-state index >= 15 is 0 Å². The Hall–Kier alpha value is -1.14. The highest BCUT2D eigenvalue weighted by molar-refractivity contribution is 5.72. The second-order valence-electron chi connectivity index (χ2n) is 9.74. The molecule has 0 aliphatic carbocycles. The van der Waals surface area contributed by atoms with E-state index in [0.29, 0.717) is 12.8 Å². The van der Waals surface area contributed by atoms with Gasteiger partial charge in [0.25, 0.3) is 0 Å². The molecule has 0 aliphatic rings. The number of hydrogen-bond acceptors (Lipinski definition) is 6. The predicted octanol–water partition coefficient (Wildman–Crippen LogP) is 4.78. The molecule has 0 N–H and O–H groups in total. The van der Waals surface area contributed by atoms with E-state index in [1.54, 1.807) is 0 Å². The van der Waals surface area contributed by atoms with Gasteiger partial charge in [-0.15, -0.1) is 0 Å². The maximum absolute atomic E-state index is 12.2. The van der Waals surface area contributed by atoms with E-state index < -0.39 is 11.9 Å². The molecule has 0 aromatic carbocycles. The molecule has 1 atom stereocenters. The molecule has 6 nitrogen and oxygen atoms in total. The zero-order chi connectivity index (χ0) is 19.2. The highest BCUT2D eigenvalue weighted by atomic mass is 17.7. The SMILES string of the molecule is CC(C)(C)CCC(=O)OOOOC(=O)C(CC(C)(C)C)C(C)(C)C. The van der Waals surface area contributed by atoms with Crippen LogP contribution in [0.1, 0.15) is 81.6 Å². The fraction of sp³-hybridized carbons (Fsp3) is 0.889. The van der Waals surface area contributed by atoms with Crippen LogP contribution in [0.2, 0.25) is 0 Å². The van der Waals surface area contributed by atoms with Gasteiger partial charge in [-0.2, -0.15) is 0 Å². The van der Waals surface area contributed by atoms with Crippen molar-refractivity contribution in [3.05, 3.63) is 0 Å². The molecule has 0 aromatic rings. The van der Waals surface area contributed by atoms with Crippen LogP contribution in [0.15, 0.2) is 0 Å². The summed E-state index contributed by atoms with van der Waals surface area (Å²) in [5, 5.41) is 8.53. The third-order valence-electron chi connectivity index (χ3n) is 3.50. The van der Waals surface area contributed by atoms with Crippen LogP contribution in [0.5, 0.6) is 0 Å². The zero-order valence-electron chi connectivity index (χ0n) is 16.6. The van der Waals surface area contributed by atoms with E-state index in [1.165, 1.54) is 0 Å². The van der Waals surface area contributed by atoms with Crippen molar-refractivity contribution in [2.45, 2.75) is 81.6 Å². The summed E-state index contributed by atoms with van der Waals surface area (Å²) in [6, 6.07) is 0. The summed E-state index contributed by atoms with van der Waals surface area (Å²) in [5.74, 6) is -1.51. The first-order valence-electron chi connectivity index (χ1n) is 8.36. The second kappa shape index (κ2) is 8.81. The Balaban J connectivity index is 4.29. The van der Waals surface area contributed by atoms with Gasteiger partial charge in [0, 0.05) is 16.5 Å². The van der Waals surface area contributed by atoms with Crippen LogP contribution >= 0.6 is 0 Å². The van der Waals surface area contributed by atoms with Crippen molar-refractivity contribution in [3.8, 4) is 0 Å². The molecule has 0 saturated heterocycles. The first-order chi connectivity index (χ1) is 10.6. The van der Waals surface area contributed by atoms with Crippen molar-refractivity contribution < 1.29 is 29.4 Å². The van der Waals surface area contributed by atoms with E-state index in [-0.39, 0.29) is 28.6 Å². The number of carbonyl (C=O) groups excluding carboxylic acids is 2. The van der Waals surface area contributed by atoms with Crippen LogP contribution in [0, 0.1) is 22.2 Å². The van der Waals surface area contributed by atoms with Crippen LogP contribution in [0.25, 0.3) is 0 Å². The maximum atomic E-state index is 12.2. The molecule has 0 aromatic heterocycles. The summed E-state index contributed by atoms with van der Waals surface area (Å²) in [6.45, 7) is 18.1. The smallest absolute Gasteiger partial charge is 0.266 e. The number of carbonyl (C=O) groups is 2. The molecule has 0 spiro atoms. The molecule has 24 heavy (non-hydrogen) atoms. The lowest BCUT2D eigenvalue weighted by atomic mass is 9.72. The van der Waals surface area contributed by atoms with Crippen molar-refractivity contribution in [2.24, 2.45) is 22.2 Å². The van der Waals surface area contributed by atoms with Crippen molar-refractivity contribution in [1.29, 1.82) is 0 Å². The minimum Gasteiger partial charge on any atom is -0.266 e. The van der Waals surface area contributed by atoms with E-state index in [0.717, 1.165) is 0 Å². The molecule has 0 aliphatic heterocycles. The lowest BCUT2D eigenvalue weighted by Crippen LogP contribution is -2.33. The number of hydrogen-bond donors (Lipinski definition) is 0. The van der Waals surface area contributed by atoms with Gasteiger partial charge in [0.2, 0.25) is 0 Å². The molecule has 142 valence electrons. The molecule has 0 radical (unpaired) electrons. The summed E-state index contributed by atoms with van der Waals surface area (Å²) >= 11 is 0. The fourth-order valence-electron chi connectivity index (χ4n) is 2.03. The first kappa shape index (κ1) is 22.9. The molecule has 0 heterocycles. The molecule has 6 heteroatoms. The summed E-state index contributed by atoms with van der Waals surface area (Å²) < 4.78 is 0.